The lowest BCUT2D eigenvalue weighted by atomic mass is 9.89. The topological polar surface area (TPSA) is 8.17 Å². The normalized spacial score (nSPS) is 13.8. The molecule has 0 amide bonds. The fourth-order valence-corrected chi connectivity index (χ4v) is 9.01. The first-order valence-electron chi connectivity index (χ1n) is 19.5. The summed E-state index contributed by atoms with van der Waals surface area (Å²) in [5.41, 5.74) is 10.7. The van der Waals surface area contributed by atoms with Crippen LogP contribution >= 0.6 is 0 Å². The summed E-state index contributed by atoms with van der Waals surface area (Å²) in [5, 5.41) is 10.3. The maximum absolute atomic E-state index is 2.46. The van der Waals surface area contributed by atoms with Crippen molar-refractivity contribution in [2.75, 3.05) is 4.90 Å². The average Bonchev–Trinajstić information content (AvgIpc) is 3.61. The monoisotopic (exact) mass is 714 g/mol. The number of benzene rings is 9. The second-order valence-corrected chi connectivity index (χ2v) is 14.9. The van der Waals surface area contributed by atoms with Gasteiger partial charge in [0.05, 0.1) is 11.0 Å². The summed E-state index contributed by atoms with van der Waals surface area (Å²) >= 11 is 0. The summed E-state index contributed by atoms with van der Waals surface area (Å²) in [6.45, 7) is 0. The molecule has 2 nitrogen and oxygen atoms in total. The van der Waals surface area contributed by atoms with E-state index in [4.69, 9.17) is 0 Å². The van der Waals surface area contributed by atoms with Crippen LogP contribution in [0, 0.1) is 0 Å². The summed E-state index contributed by atoms with van der Waals surface area (Å²) in [4.78, 5) is 2.41. The Morgan fingerprint density at radius 2 is 1.14 bits per heavy atom. The van der Waals surface area contributed by atoms with Crippen LogP contribution < -0.4 is 15.3 Å². The Kier molecular flexibility index (Phi) is 7.67. The van der Waals surface area contributed by atoms with Crippen LogP contribution in [0.15, 0.2) is 200 Å². The molecule has 264 valence electrons. The maximum atomic E-state index is 2.46. The highest BCUT2D eigenvalue weighted by molar-refractivity contribution is 6.16. The Morgan fingerprint density at radius 3 is 2.02 bits per heavy atom. The van der Waals surface area contributed by atoms with Gasteiger partial charge in [-0.3, -0.25) is 0 Å². The van der Waals surface area contributed by atoms with Crippen molar-refractivity contribution in [2.45, 2.75) is 12.3 Å². The zero-order chi connectivity index (χ0) is 37.0. The molecule has 1 atom stereocenters. The minimum absolute atomic E-state index is 0.327. The lowest BCUT2D eigenvalue weighted by Crippen LogP contribution is -2.29. The lowest BCUT2D eigenvalue weighted by Gasteiger charge is -2.27. The van der Waals surface area contributed by atoms with Gasteiger partial charge in [0.2, 0.25) is 0 Å². The number of fused-ring (bicyclic) bond motifs is 7. The van der Waals surface area contributed by atoms with Crippen molar-refractivity contribution < 1.29 is 0 Å². The molecule has 0 saturated heterocycles. The van der Waals surface area contributed by atoms with Gasteiger partial charge in [0.15, 0.2) is 0 Å². The van der Waals surface area contributed by atoms with E-state index in [1.165, 1.54) is 70.5 Å². The van der Waals surface area contributed by atoms with Crippen LogP contribution in [0.3, 0.4) is 0 Å². The molecule has 11 rings (SSSR count). The fraction of sp³-hybridized carbons (Fsp3) is 0.0370. The van der Waals surface area contributed by atoms with Crippen LogP contribution in [0.2, 0.25) is 0 Å². The van der Waals surface area contributed by atoms with Crippen LogP contribution in [0.1, 0.15) is 17.9 Å². The molecule has 2 heteroatoms. The van der Waals surface area contributed by atoms with Gasteiger partial charge >= 0.3 is 0 Å². The molecule has 10 aromatic rings. The summed E-state index contributed by atoms with van der Waals surface area (Å²) in [6, 6.07) is 73.2. The van der Waals surface area contributed by atoms with E-state index in [1.807, 2.05) is 0 Å². The van der Waals surface area contributed by atoms with Crippen molar-refractivity contribution >= 4 is 72.6 Å². The van der Waals surface area contributed by atoms with Crippen molar-refractivity contribution in [3.05, 3.63) is 216 Å². The smallest absolute Gasteiger partial charge is 0.0547 e. The van der Waals surface area contributed by atoms with E-state index in [-0.39, 0.29) is 0 Å². The Morgan fingerprint density at radius 1 is 0.464 bits per heavy atom. The third-order valence-electron chi connectivity index (χ3n) is 11.7. The Balaban J connectivity index is 1.03. The Hall–Kier alpha value is -7.16. The molecule has 0 saturated carbocycles. The van der Waals surface area contributed by atoms with Gasteiger partial charge in [-0.25, -0.2) is 0 Å². The van der Waals surface area contributed by atoms with E-state index < -0.39 is 0 Å². The summed E-state index contributed by atoms with van der Waals surface area (Å²) in [5.74, 6) is 0.327. The molecule has 0 spiro atoms. The lowest BCUT2D eigenvalue weighted by molar-refractivity contribution is 0.922. The molecule has 1 heterocycles. The minimum atomic E-state index is 0.327. The van der Waals surface area contributed by atoms with Gasteiger partial charge in [-0.15, -0.1) is 0 Å². The molecule has 1 aliphatic carbocycles. The molecule has 0 radical (unpaired) electrons. The van der Waals surface area contributed by atoms with Crippen LogP contribution in [-0.2, 0) is 0 Å². The SMILES string of the molecule is C1=c2ccc3ccccc3c2=CCC1c1ccc(N(c2cccc(-c3cccc4c3c3ccccc3n4-c3ccccc3)c2)c2ccc3ccccc3c2)cc1. The predicted octanol–water partition coefficient (Wildman–Crippen LogP) is 13.0. The number of para-hydroxylation sites is 2. The highest BCUT2D eigenvalue weighted by atomic mass is 15.1. The quantitative estimate of drug-likeness (QED) is 0.166. The standard InChI is InChI=1S/C54H38N2/c1-2-16-44(17-3-1)56-52-22-9-8-20-51(52)54-50(21-11-23-53(54)56)42-15-10-18-46(36-42)55(47-32-28-37-12-4-5-14-40(37)35-47)45-30-26-38(27-31-45)41-29-33-49-43(34-41)25-24-39-13-6-7-19-48(39)49/h1-28,30-36,41H,29H2. The second-order valence-electron chi connectivity index (χ2n) is 14.9. The maximum Gasteiger partial charge on any atom is 0.0547 e. The molecule has 1 aliphatic rings. The number of nitrogens with zero attached hydrogens (tertiary/aromatic N) is 2. The fourth-order valence-electron chi connectivity index (χ4n) is 9.01. The largest absolute Gasteiger partial charge is 0.310 e. The number of anilines is 3. The van der Waals surface area contributed by atoms with Crippen molar-refractivity contribution in [3.8, 4) is 16.8 Å². The number of rotatable bonds is 6. The van der Waals surface area contributed by atoms with Gasteiger partial charge < -0.3 is 9.47 Å². The van der Waals surface area contributed by atoms with Gasteiger partial charge in [-0.05, 0) is 116 Å². The van der Waals surface area contributed by atoms with Crippen molar-refractivity contribution in [2.24, 2.45) is 0 Å². The van der Waals surface area contributed by atoms with E-state index in [1.54, 1.807) is 0 Å². The molecule has 0 aliphatic heterocycles. The molecule has 56 heavy (non-hydrogen) atoms. The Labute approximate surface area is 326 Å². The molecule has 0 N–H and O–H groups in total. The van der Waals surface area contributed by atoms with E-state index in [0.717, 1.165) is 29.2 Å². The average molecular weight is 715 g/mol. The van der Waals surface area contributed by atoms with Crippen LogP contribution in [0.5, 0.6) is 0 Å². The predicted molar refractivity (Wildman–Crippen MR) is 238 cm³/mol. The van der Waals surface area contributed by atoms with Crippen LogP contribution in [-0.4, -0.2) is 4.57 Å². The first-order chi connectivity index (χ1) is 27.8. The van der Waals surface area contributed by atoms with Crippen LogP contribution in [0.4, 0.5) is 17.1 Å². The number of hydrogen-bond acceptors (Lipinski definition) is 1. The first kappa shape index (κ1) is 32.3. The molecular formula is C54H38N2. The summed E-state index contributed by atoms with van der Waals surface area (Å²) in [6.07, 6.45) is 5.88. The minimum Gasteiger partial charge on any atom is -0.310 e. The third-order valence-corrected chi connectivity index (χ3v) is 11.7. The van der Waals surface area contributed by atoms with Gasteiger partial charge in [0, 0.05) is 39.4 Å². The molecule has 9 aromatic carbocycles. The van der Waals surface area contributed by atoms with Crippen molar-refractivity contribution in [1.82, 2.24) is 4.57 Å². The Bertz CT molecular complexity index is 3230. The second kappa shape index (κ2) is 13.3. The molecule has 0 bridgehead atoms. The van der Waals surface area contributed by atoms with Gasteiger partial charge in [-0.2, -0.15) is 0 Å². The third kappa shape index (κ3) is 5.41. The van der Waals surface area contributed by atoms with E-state index in [2.05, 4.69) is 222 Å². The zero-order valence-electron chi connectivity index (χ0n) is 30.9. The van der Waals surface area contributed by atoms with Crippen molar-refractivity contribution in [1.29, 1.82) is 0 Å². The van der Waals surface area contributed by atoms with E-state index in [0.29, 0.717) is 5.92 Å². The molecule has 0 fully saturated rings. The zero-order valence-corrected chi connectivity index (χ0v) is 30.9. The summed E-state index contributed by atoms with van der Waals surface area (Å²) < 4.78 is 2.39. The number of hydrogen-bond donors (Lipinski definition) is 0. The van der Waals surface area contributed by atoms with E-state index >= 15 is 0 Å². The van der Waals surface area contributed by atoms with E-state index in [9.17, 15) is 0 Å². The highest BCUT2D eigenvalue weighted by Gasteiger charge is 2.19. The van der Waals surface area contributed by atoms with Gasteiger partial charge in [0.1, 0.15) is 0 Å². The van der Waals surface area contributed by atoms with Gasteiger partial charge in [-0.1, -0.05) is 152 Å². The van der Waals surface area contributed by atoms with Crippen LogP contribution in [0.25, 0.3) is 72.3 Å². The molecular weight excluding hydrogens is 677 g/mol. The summed E-state index contributed by atoms with van der Waals surface area (Å²) in [7, 11) is 0. The van der Waals surface area contributed by atoms with Crippen molar-refractivity contribution in [3.63, 3.8) is 0 Å². The number of aromatic nitrogens is 1. The molecule has 1 unspecified atom stereocenters. The highest BCUT2D eigenvalue weighted by Crippen LogP contribution is 2.42. The first-order valence-corrected chi connectivity index (χ1v) is 19.5. The van der Waals surface area contributed by atoms with Gasteiger partial charge in [0.25, 0.3) is 0 Å². The molecule has 1 aromatic heterocycles.